The lowest BCUT2D eigenvalue weighted by Crippen LogP contribution is -2.60. The molecule has 1 rings (SSSR count). The predicted molar refractivity (Wildman–Crippen MR) is 177 cm³/mol. The number of nitrogens with two attached hydrogens (primary N) is 2. The molecule has 10 N–H and O–H groups in total. The Labute approximate surface area is 287 Å². The highest BCUT2D eigenvalue weighted by molar-refractivity contribution is 5.97. The van der Waals surface area contributed by atoms with E-state index in [2.05, 4.69) is 21.3 Å². The fourth-order valence-corrected chi connectivity index (χ4v) is 5.38. The lowest BCUT2D eigenvalue weighted by molar-refractivity contribution is -0.144. The summed E-state index contributed by atoms with van der Waals surface area (Å²) in [4.78, 5) is 102. The second kappa shape index (κ2) is 20.3. The van der Waals surface area contributed by atoms with Crippen LogP contribution in [0.3, 0.4) is 0 Å². The van der Waals surface area contributed by atoms with Gasteiger partial charge in [0, 0.05) is 13.0 Å². The first kappa shape index (κ1) is 42.7. The summed E-state index contributed by atoms with van der Waals surface area (Å²) in [5, 5.41) is 28.5. The number of amides is 6. The number of nitrogens with one attached hydrogen (secondary N) is 4. The fraction of sp³-hybridized carbons (Fsp3) is 0.750. The number of hydrogen-bond acceptors (Lipinski definition) is 9. The lowest BCUT2D eigenvalue weighted by atomic mass is 9.95. The molecule has 0 spiro atoms. The quantitative estimate of drug-likeness (QED) is 0.0735. The zero-order valence-electron chi connectivity index (χ0n) is 29.3. The SMILES string of the molecule is CC[C@H](C)[C@H](N)C(=O)N[C@H](C(=O)N1CCC[C@H]1C(=O)N[C@@H](CC(C)C)C(=O)N[C@@H](CCC(=O)O)C(=O)N[C@@H](CC(N)=O)C(=O)O)[C@@H](C)CC. The molecule has 1 aliphatic heterocycles. The molecule has 8 atom stereocenters. The summed E-state index contributed by atoms with van der Waals surface area (Å²) in [7, 11) is 0. The van der Waals surface area contributed by atoms with Crippen LogP contribution < -0.4 is 32.7 Å². The van der Waals surface area contributed by atoms with E-state index in [1.54, 1.807) is 13.8 Å². The number of rotatable bonds is 21. The van der Waals surface area contributed by atoms with Gasteiger partial charge in [-0.25, -0.2) is 4.79 Å². The van der Waals surface area contributed by atoms with Gasteiger partial charge in [-0.05, 0) is 43.4 Å². The molecule has 49 heavy (non-hydrogen) atoms. The van der Waals surface area contributed by atoms with Gasteiger partial charge in [0.2, 0.25) is 35.4 Å². The third kappa shape index (κ3) is 13.6. The van der Waals surface area contributed by atoms with Crippen molar-refractivity contribution in [3.63, 3.8) is 0 Å². The number of nitrogens with zero attached hydrogens (tertiary/aromatic N) is 1. The van der Waals surface area contributed by atoms with E-state index in [-0.39, 0.29) is 30.7 Å². The number of carboxylic acid groups (broad SMARTS) is 2. The Kier molecular flexibility index (Phi) is 17.7. The molecule has 17 heteroatoms. The summed E-state index contributed by atoms with van der Waals surface area (Å²) in [5.74, 6) is -7.84. The molecule has 0 aliphatic carbocycles. The molecule has 1 saturated heterocycles. The molecular formula is C32H55N7O10. The normalized spacial score (nSPS) is 18.6. The van der Waals surface area contributed by atoms with Crippen molar-refractivity contribution in [1.29, 1.82) is 0 Å². The number of likely N-dealkylation sites (tertiary alicyclic amines) is 1. The van der Waals surface area contributed by atoms with E-state index in [1.165, 1.54) is 4.90 Å². The molecular weight excluding hydrogens is 642 g/mol. The molecule has 6 amide bonds. The molecule has 0 aromatic rings. The minimum atomic E-state index is -1.72. The largest absolute Gasteiger partial charge is 0.481 e. The highest BCUT2D eigenvalue weighted by Crippen LogP contribution is 2.22. The summed E-state index contributed by atoms with van der Waals surface area (Å²) < 4.78 is 0. The van der Waals surface area contributed by atoms with E-state index in [0.29, 0.717) is 25.7 Å². The van der Waals surface area contributed by atoms with Crippen molar-refractivity contribution in [1.82, 2.24) is 26.2 Å². The van der Waals surface area contributed by atoms with Gasteiger partial charge in [-0.2, -0.15) is 0 Å². The van der Waals surface area contributed by atoms with Crippen LogP contribution in [0.2, 0.25) is 0 Å². The van der Waals surface area contributed by atoms with Gasteiger partial charge >= 0.3 is 11.9 Å². The van der Waals surface area contributed by atoms with Crippen molar-refractivity contribution < 1.29 is 48.6 Å². The summed E-state index contributed by atoms with van der Waals surface area (Å²) in [5.41, 5.74) is 11.2. The molecule has 1 heterocycles. The second-order valence-corrected chi connectivity index (χ2v) is 13.2. The van der Waals surface area contributed by atoms with Gasteiger partial charge in [-0.1, -0.05) is 54.4 Å². The molecule has 17 nitrogen and oxygen atoms in total. The maximum absolute atomic E-state index is 13.9. The van der Waals surface area contributed by atoms with Gasteiger partial charge in [0.05, 0.1) is 12.5 Å². The first-order chi connectivity index (χ1) is 22.8. The van der Waals surface area contributed by atoms with Gasteiger partial charge < -0.3 is 47.8 Å². The van der Waals surface area contributed by atoms with Crippen molar-refractivity contribution in [2.75, 3.05) is 6.54 Å². The Bertz CT molecular complexity index is 1210. The molecule has 0 saturated carbocycles. The first-order valence-corrected chi connectivity index (χ1v) is 16.8. The zero-order valence-corrected chi connectivity index (χ0v) is 29.3. The number of primary amides is 1. The van der Waals surface area contributed by atoms with E-state index in [0.717, 1.165) is 0 Å². The monoisotopic (exact) mass is 697 g/mol. The molecule has 0 aromatic heterocycles. The number of carbonyl (C=O) groups excluding carboxylic acids is 6. The summed E-state index contributed by atoms with van der Waals surface area (Å²) in [6.45, 7) is 11.3. The minimum Gasteiger partial charge on any atom is -0.481 e. The van der Waals surface area contributed by atoms with E-state index in [4.69, 9.17) is 11.5 Å². The van der Waals surface area contributed by atoms with Crippen LogP contribution in [0.15, 0.2) is 0 Å². The third-order valence-electron chi connectivity index (χ3n) is 8.81. The third-order valence-corrected chi connectivity index (χ3v) is 8.81. The highest BCUT2D eigenvalue weighted by Gasteiger charge is 2.41. The van der Waals surface area contributed by atoms with Gasteiger partial charge in [0.25, 0.3) is 0 Å². The average Bonchev–Trinajstić information content (AvgIpc) is 3.53. The van der Waals surface area contributed by atoms with E-state index >= 15 is 0 Å². The van der Waals surface area contributed by atoms with Gasteiger partial charge in [-0.3, -0.25) is 33.6 Å². The second-order valence-electron chi connectivity index (χ2n) is 13.2. The Morgan fingerprint density at radius 1 is 0.796 bits per heavy atom. The number of aliphatic carboxylic acids is 2. The Hall–Kier alpha value is -4.28. The maximum Gasteiger partial charge on any atom is 0.326 e. The van der Waals surface area contributed by atoms with E-state index < -0.39 is 103 Å². The fourth-order valence-electron chi connectivity index (χ4n) is 5.38. The van der Waals surface area contributed by atoms with Gasteiger partial charge in [0.1, 0.15) is 30.2 Å². The average molecular weight is 698 g/mol. The number of carboxylic acids is 2. The van der Waals surface area contributed by atoms with Crippen LogP contribution in [0.25, 0.3) is 0 Å². The van der Waals surface area contributed by atoms with Gasteiger partial charge in [0.15, 0.2) is 0 Å². The summed E-state index contributed by atoms with van der Waals surface area (Å²) >= 11 is 0. The van der Waals surface area contributed by atoms with Gasteiger partial charge in [-0.15, -0.1) is 0 Å². The van der Waals surface area contributed by atoms with Crippen LogP contribution in [0.4, 0.5) is 0 Å². The van der Waals surface area contributed by atoms with Crippen LogP contribution in [-0.4, -0.2) is 105 Å². The topological polar surface area (TPSA) is 280 Å². The number of hydrogen-bond donors (Lipinski definition) is 8. The van der Waals surface area contributed by atoms with E-state index in [9.17, 15) is 48.6 Å². The first-order valence-electron chi connectivity index (χ1n) is 16.8. The standard InChI is InChI=1S/C32H55N7O10/c1-7-17(5)25(34)30(46)38-26(18(6)8-2)31(47)39-13-9-10-22(39)29(45)36-20(14-16(3)4)28(44)35-19(11-12-24(41)42)27(43)37-21(32(48)49)15-23(33)40/h16-22,25-26H,7-15,34H2,1-6H3,(H2,33,40)(H,35,44)(H,36,45)(H,37,43)(H,38,46)(H,41,42)(H,48,49)/t17-,18-,19-,20-,21-,22-,25-,26-/m0/s1. The van der Waals surface area contributed by atoms with Crippen molar-refractivity contribution >= 4 is 47.4 Å². The summed E-state index contributed by atoms with van der Waals surface area (Å²) in [6.07, 6.45) is 0.379. The lowest BCUT2D eigenvalue weighted by Gasteiger charge is -2.33. The van der Waals surface area contributed by atoms with Crippen molar-refractivity contribution in [3.8, 4) is 0 Å². The van der Waals surface area contributed by atoms with Crippen molar-refractivity contribution in [2.24, 2.45) is 29.2 Å². The van der Waals surface area contributed by atoms with Crippen molar-refractivity contribution in [2.45, 2.75) is 129 Å². The Morgan fingerprint density at radius 2 is 1.37 bits per heavy atom. The molecule has 0 aromatic carbocycles. The van der Waals surface area contributed by atoms with Crippen molar-refractivity contribution in [3.05, 3.63) is 0 Å². The minimum absolute atomic E-state index is 0.101. The molecule has 1 fully saturated rings. The van der Waals surface area contributed by atoms with Crippen LogP contribution in [-0.2, 0) is 38.4 Å². The summed E-state index contributed by atoms with van der Waals surface area (Å²) in [6, 6.07) is -7.19. The molecule has 0 bridgehead atoms. The van der Waals surface area contributed by atoms with E-state index in [1.807, 2.05) is 27.7 Å². The maximum atomic E-state index is 13.9. The van der Waals surface area contributed by atoms with Crippen LogP contribution >= 0.6 is 0 Å². The molecule has 278 valence electrons. The van der Waals surface area contributed by atoms with Crippen LogP contribution in [0.1, 0.15) is 92.9 Å². The Balaban J connectivity index is 3.23. The highest BCUT2D eigenvalue weighted by atomic mass is 16.4. The van der Waals surface area contributed by atoms with Crippen LogP contribution in [0.5, 0.6) is 0 Å². The zero-order chi connectivity index (χ0) is 37.6. The predicted octanol–water partition coefficient (Wildman–Crippen LogP) is -0.793. The Morgan fingerprint density at radius 3 is 1.88 bits per heavy atom. The van der Waals surface area contributed by atoms with Crippen LogP contribution in [0, 0.1) is 17.8 Å². The smallest absolute Gasteiger partial charge is 0.326 e. The molecule has 0 unspecified atom stereocenters. The molecule has 0 radical (unpaired) electrons. The molecule has 1 aliphatic rings. The number of carbonyl (C=O) groups is 8.